The highest BCUT2D eigenvalue weighted by Crippen LogP contribution is 2.28. The van der Waals surface area contributed by atoms with Gasteiger partial charge in [-0.1, -0.05) is 36.4 Å². The Bertz CT molecular complexity index is 848. The number of hydrogen-bond donors (Lipinski definition) is 0. The number of carbonyl (C=O) groups is 2. The Morgan fingerprint density at radius 1 is 1.10 bits per heavy atom. The summed E-state index contributed by atoms with van der Waals surface area (Å²) in [5.74, 6) is 0.356. The number of carbonyl (C=O) groups excluding carboxylic acids is 2. The molecule has 2 rings (SSSR count). The second kappa shape index (κ2) is 10.9. The van der Waals surface area contributed by atoms with Crippen molar-refractivity contribution in [3.05, 3.63) is 65.7 Å². The van der Waals surface area contributed by atoms with E-state index in [1.165, 1.54) is 11.0 Å². The van der Waals surface area contributed by atoms with Gasteiger partial charge in [0.1, 0.15) is 0 Å². The lowest BCUT2D eigenvalue weighted by molar-refractivity contribution is -0.154. The molecule has 0 aliphatic carbocycles. The second-order valence-corrected chi connectivity index (χ2v) is 6.44. The average Bonchev–Trinajstić information content (AvgIpc) is 2.73. The molecule has 1 atom stereocenters. The molecule has 0 saturated carbocycles. The van der Waals surface area contributed by atoms with Crippen molar-refractivity contribution in [2.75, 3.05) is 20.8 Å². The van der Waals surface area contributed by atoms with Crippen LogP contribution in [0.25, 0.3) is 6.08 Å². The summed E-state index contributed by atoms with van der Waals surface area (Å²) in [5, 5.41) is 0. The van der Waals surface area contributed by atoms with E-state index in [0.717, 1.165) is 11.1 Å². The first-order valence-electron chi connectivity index (χ1n) is 9.43. The fourth-order valence-corrected chi connectivity index (χ4v) is 2.74. The monoisotopic (exact) mass is 397 g/mol. The van der Waals surface area contributed by atoms with Crippen LogP contribution in [0.4, 0.5) is 0 Å². The summed E-state index contributed by atoms with van der Waals surface area (Å²) in [6.07, 6.45) is 2.01. The summed E-state index contributed by atoms with van der Waals surface area (Å²) >= 11 is 0. The van der Waals surface area contributed by atoms with Crippen LogP contribution in [0.2, 0.25) is 0 Å². The molecule has 29 heavy (non-hydrogen) atoms. The van der Waals surface area contributed by atoms with Crippen LogP contribution < -0.4 is 9.47 Å². The number of methoxy groups -OCH3 is 1. The van der Waals surface area contributed by atoms with Gasteiger partial charge in [0.2, 0.25) is 0 Å². The molecule has 0 bridgehead atoms. The van der Waals surface area contributed by atoms with Crippen molar-refractivity contribution in [2.24, 2.45) is 0 Å². The Morgan fingerprint density at radius 2 is 1.83 bits per heavy atom. The Morgan fingerprint density at radius 3 is 2.48 bits per heavy atom. The van der Waals surface area contributed by atoms with E-state index in [1.54, 1.807) is 45.4 Å². The van der Waals surface area contributed by atoms with E-state index in [1.807, 2.05) is 37.3 Å². The van der Waals surface area contributed by atoms with Gasteiger partial charge in [-0.3, -0.25) is 4.79 Å². The van der Waals surface area contributed by atoms with Crippen molar-refractivity contribution in [3.8, 4) is 11.5 Å². The van der Waals surface area contributed by atoms with Gasteiger partial charge in [-0.15, -0.1) is 0 Å². The van der Waals surface area contributed by atoms with Crippen LogP contribution in [0.1, 0.15) is 25.0 Å². The molecule has 154 valence electrons. The molecular weight excluding hydrogens is 370 g/mol. The molecule has 0 heterocycles. The zero-order valence-corrected chi connectivity index (χ0v) is 17.3. The lowest BCUT2D eigenvalue weighted by Gasteiger charge is -2.21. The zero-order chi connectivity index (χ0) is 21.2. The molecule has 0 fully saturated rings. The molecule has 0 aliphatic rings. The summed E-state index contributed by atoms with van der Waals surface area (Å²) in [5.41, 5.74) is 1.76. The van der Waals surface area contributed by atoms with Crippen LogP contribution >= 0.6 is 0 Å². The molecule has 0 N–H and O–H groups in total. The molecular formula is C23H27NO5. The normalized spacial score (nSPS) is 11.7. The fourth-order valence-electron chi connectivity index (χ4n) is 2.74. The maximum Gasteiger partial charge on any atom is 0.331 e. The number of rotatable bonds is 9. The molecule has 6 nitrogen and oxygen atoms in total. The van der Waals surface area contributed by atoms with E-state index < -0.39 is 12.1 Å². The van der Waals surface area contributed by atoms with Gasteiger partial charge < -0.3 is 19.1 Å². The lowest BCUT2D eigenvalue weighted by Crippen LogP contribution is -2.36. The molecule has 0 spiro atoms. The Hall–Kier alpha value is -3.28. The number of amides is 1. The molecule has 0 radical (unpaired) electrons. The summed E-state index contributed by atoms with van der Waals surface area (Å²) in [6, 6.07) is 15.0. The van der Waals surface area contributed by atoms with Crippen LogP contribution in [0.5, 0.6) is 11.5 Å². The Balaban J connectivity index is 1.92. The number of likely N-dealkylation sites (N-methyl/N-ethyl adjacent to an activating group) is 1. The van der Waals surface area contributed by atoms with E-state index in [0.29, 0.717) is 24.7 Å². The van der Waals surface area contributed by atoms with Gasteiger partial charge in [-0.2, -0.15) is 0 Å². The number of hydrogen-bond acceptors (Lipinski definition) is 5. The lowest BCUT2D eigenvalue weighted by atomic mass is 10.2. The molecule has 0 saturated heterocycles. The molecule has 2 aromatic rings. The van der Waals surface area contributed by atoms with Crippen LogP contribution in [-0.2, 0) is 20.9 Å². The minimum Gasteiger partial charge on any atom is -0.493 e. The third kappa shape index (κ3) is 6.68. The fraction of sp³-hybridized carbons (Fsp3) is 0.304. The van der Waals surface area contributed by atoms with E-state index in [4.69, 9.17) is 14.2 Å². The van der Waals surface area contributed by atoms with Crippen molar-refractivity contribution >= 4 is 18.0 Å². The number of ether oxygens (including phenoxy) is 3. The molecule has 6 heteroatoms. The first kappa shape index (κ1) is 22.0. The summed E-state index contributed by atoms with van der Waals surface area (Å²) in [6.45, 7) is 4.43. The van der Waals surface area contributed by atoms with Gasteiger partial charge in [-0.25, -0.2) is 4.79 Å². The van der Waals surface area contributed by atoms with E-state index >= 15 is 0 Å². The van der Waals surface area contributed by atoms with Crippen molar-refractivity contribution in [3.63, 3.8) is 0 Å². The van der Waals surface area contributed by atoms with E-state index in [2.05, 4.69) is 0 Å². The quantitative estimate of drug-likeness (QED) is 0.477. The highest BCUT2D eigenvalue weighted by atomic mass is 16.5. The highest BCUT2D eigenvalue weighted by Gasteiger charge is 2.20. The van der Waals surface area contributed by atoms with Gasteiger partial charge in [0, 0.05) is 19.7 Å². The smallest absolute Gasteiger partial charge is 0.331 e. The van der Waals surface area contributed by atoms with Gasteiger partial charge in [0.05, 0.1) is 13.7 Å². The Kier molecular flexibility index (Phi) is 8.27. The molecule has 0 aliphatic heterocycles. The SMILES string of the molecule is CCOc1ccc(/C=C/C(=O)O[C@H](C)C(=O)N(C)Cc2ccccc2)cc1OC. The summed E-state index contributed by atoms with van der Waals surface area (Å²) in [4.78, 5) is 26.1. The standard InChI is InChI=1S/C23H27NO5/c1-5-28-20-13-11-18(15-21(20)27-4)12-14-22(25)29-17(2)23(26)24(3)16-19-9-7-6-8-10-19/h6-15,17H,5,16H2,1-4H3/b14-12+/t17-/m1/s1. The first-order valence-corrected chi connectivity index (χ1v) is 9.43. The van der Waals surface area contributed by atoms with Gasteiger partial charge in [0.15, 0.2) is 17.6 Å². The molecule has 2 aromatic carbocycles. The third-order valence-corrected chi connectivity index (χ3v) is 4.18. The molecule has 0 unspecified atom stereocenters. The van der Waals surface area contributed by atoms with Crippen molar-refractivity contribution < 1.29 is 23.8 Å². The van der Waals surface area contributed by atoms with E-state index in [-0.39, 0.29) is 5.91 Å². The average molecular weight is 397 g/mol. The maximum absolute atomic E-state index is 12.4. The second-order valence-electron chi connectivity index (χ2n) is 6.44. The largest absolute Gasteiger partial charge is 0.493 e. The van der Waals surface area contributed by atoms with Crippen molar-refractivity contribution in [2.45, 2.75) is 26.5 Å². The number of esters is 1. The predicted molar refractivity (Wildman–Crippen MR) is 112 cm³/mol. The number of nitrogens with zero attached hydrogens (tertiary/aromatic N) is 1. The minimum absolute atomic E-state index is 0.265. The third-order valence-electron chi connectivity index (χ3n) is 4.18. The van der Waals surface area contributed by atoms with Crippen LogP contribution in [-0.4, -0.2) is 43.6 Å². The predicted octanol–water partition coefficient (Wildman–Crippen LogP) is 3.70. The van der Waals surface area contributed by atoms with Crippen LogP contribution in [0.15, 0.2) is 54.6 Å². The van der Waals surface area contributed by atoms with E-state index in [9.17, 15) is 9.59 Å². The maximum atomic E-state index is 12.4. The van der Waals surface area contributed by atoms with Gasteiger partial charge >= 0.3 is 5.97 Å². The van der Waals surface area contributed by atoms with Crippen molar-refractivity contribution in [1.29, 1.82) is 0 Å². The summed E-state index contributed by atoms with van der Waals surface area (Å²) in [7, 11) is 3.24. The van der Waals surface area contributed by atoms with Gasteiger partial charge in [-0.05, 0) is 43.2 Å². The van der Waals surface area contributed by atoms with Crippen LogP contribution in [0.3, 0.4) is 0 Å². The molecule has 0 aromatic heterocycles. The Labute approximate surface area is 171 Å². The highest BCUT2D eigenvalue weighted by molar-refractivity contribution is 5.90. The number of benzene rings is 2. The van der Waals surface area contributed by atoms with Crippen molar-refractivity contribution in [1.82, 2.24) is 4.90 Å². The topological polar surface area (TPSA) is 65.1 Å². The summed E-state index contributed by atoms with van der Waals surface area (Å²) < 4.78 is 16.0. The van der Waals surface area contributed by atoms with Gasteiger partial charge in [0.25, 0.3) is 5.91 Å². The zero-order valence-electron chi connectivity index (χ0n) is 17.3. The molecule has 1 amide bonds. The first-order chi connectivity index (χ1) is 13.9. The minimum atomic E-state index is -0.879. The van der Waals surface area contributed by atoms with Crippen LogP contribution in [0, 0.1) is 0 Å².